The maximum Gasteiger partial charge on any atom is 0.246 e. The third kappa shape index (κ3) is 6.27. The van der Waals surface area contributed by atoms with Crippen molar-refractivity contribution in [2.75, 3.05) is 19.9 Å². The molecule has 1 amide bonds. The van der Waals surface area contributed by atoms with Crippen molar-refractivity contribution in [2.24, 2.45) is 0 Å². The molecule has 0 saturated carbocycles. The highest BCUT2D eigenvalue weighted by molar-refractivity contribution is 7.88. The van der Waals surface area contributed by atoms with E-state index in [1.807, 2.05) is 0 Å². The van der Waals surface area contributed by atoms with Crippen molar-refractivity contribution >= 4 is 27.5 Å². The van der Waals surface area contributed by atoms with Crippen LogP contribution in [0.25, 0.3) is 11.4 Å². The highest BCUT2D eigenvalue weighted by Crippen LogP contribution is 2.21. The van der Waals surface area contributed by atoms with E-state index in [-0.39, 0.29) is 25.5 Å². The van der Waals surface area contributed by atoms with E-state index >= 15 is 0 Å². The van der Waals surface area contributed by atoms with Gasteiger partial charge in [-0.15, -0.1) is 0 Å². The predicted octanol–water partition coefficient (Wildman–Crippen LogP) is 2.48. The molecule has 0 spiro atoms. The number of amides is 1. The van der Waals surface area contributed by atoms with Gasteiger partial charge in [-0.3, -0.25) is 4.79 Å². The molecule has 0 aliphatic carbocycles. The number of rotatable bonds is 9. The lowest BCUT2D eigenvalue weighted by Crippen LogP contribution is -2.39. The van der Waals surface area contributed by atoms with Crippen LogP contribution in [0.4, 0.5) is 0 Å². The van der Waals surface area contributed by atoms with E-state index in [4.69, 9.17) is 20.9 Å². The fraction of sp³-hybridized carbons (Fsp3) is 0.250. The zero-order chi connectivity index (χ0) is 22.4. The van der Waals surface area contributed by atoms with E-state index in [2.05, 4.69) is 15.5 Å². The van der Waals surface area contributed by atoms with Crippen molar-refractivity contribution < 1.29 is 22.5 Å². The van der Waals surface area contributed by atoms with E-state index in [1.54, 1.807) is 55.6 Å². The Bertz CT molecular complexity index is 1170. The number of hydrogen-bond acceptors (Lipinski definition) is 7. The minimum absolute atomic E-state index is 0.0214. The predicted molar refractivity (Wildman–Crippen MR) is 115 cm³/mol. The molecule has 0 aliphatic heterocycles. The van der Waals surface area contributed by atoms with Crippen LogP contribution in [-0.2, 0) is 27.9 Å². The molecule has 31 heavy (non-hydrogen) atoms. The summed E-state index contributed by atoms with van der Waals surface area (Å²) in [5, 5.41) is 6.91. The second kappa shape index (κ2) is 9.90. The molecule has 1 heterocycles. The number of hydrogen-bond donors (Lipinski definition) is 1. The molecule has 1 N–H and O–H groups in total. The molecule has 2 aromatic carbocycles. The summed E-state index contributed by atoms with van der Waals surface area (Å²) in [6.45, 7) is -0.438. The molecule has 0 atom stereocenters. The molecular formula is C20H21ClN4O5S. The van der Waals surface area contributed by atoms with Crippen LogP contribution < -0.4 is 10.1 Å². The number of methoxy groups -OCH3 is 1. The van der Waals surface area contributed by atoms with Gasteiger partial charge in [0.1, 0.15) is 5.75 Å². The number of aromatic nitrogens is 2. The van der Waals surface area contributed by atoms with Crippen LogP contribution in [0, 0.1) is 0 Å². The molecule has 1 aromatic heterocycles. The lowest BCUT2D eigenvalue weighted by molar-refractivity contribution is -0.121. The smallest absolute Gasteiger partial charge is 0.246 e. The van der Waals surface area contributed by atoms with Gasteiger partial charge in [0.15, 0.2) is 0 Å². The van der Waals surface area contributed by atoms with Gasteiger partial charge < -0.3 is 14.6 Å². The van der Waals surface area contributed by atoms with Crippen molar-refractivity contribution in [1.82, 2.24) is 19.8 Å². The van der Waals surface area contributed by atoms with Gasteiger partial charge in [0, 0.05) is 17.1 Å². The summed E-state index contributed by atoms with van der Waals surface area (Å²) in [6.07, 6.45) is 1.04. The number of nitrogens with one attached hydrogen (secondary N) is 1. The van der Waals surface area contributed by atoms with Gasteiger partial charge in [0.05, 0.1) is 26.5 Å². The zero-order valence-corrected chi connectivity index (χ0v) is 18.5. The Kier molecular flexibility index (Phi) is 7.26. The molecule has 0 aliphatic rings. The first-order chi connectivity index (χ1) is 14.8. The van der Waals surface area contributed by atoms with Crippen LogP contribution in [0.2, 0.25) is 5.02 Å². The van der Waals surface area contributed by atoms with Gasteiger partial charge in [-0.05, 0) is 23.8 Å². The molecule has 0 bridgehead atoms. The monoisotopic (exact) mass is 464 g/mol. The Morgan fingerprint density at radius 2 is 2.00 bits per heavy atom. The second-order valence-electron chi connectivity index (χ2n) is 6.64. The summed E-state index contributed by atoms with van der Waals surface area (Å²) in [4.78, 5) is 16.6. The number of halogens is 1. The molecule has 164 valence electrons. The number of sulfonamides is 1. The Hall–Kier alpha value is -2.95. The van der Waals surface area contributed by atoms with Gasteiger partial charge in [-0.1, -0.05) is 47.1 Å². The molecule has 0 saturated heterocycles. The van der Waals surface area contributed by atoms with Crippen LogP contribution in [0.5, 0.6) is 5.75 Å². The maximum atomic E-state index is 12.4. The fourth-order valence-corrected chi connectivity index (χ4v) is 3.62. The van der Waals surface area contributed by atoms with Crippen molar-refractivity contribution in [2.45, 2.75) is 13.1 Å². The van der Waals surface area contributed by atoms with E-state index in [0.717, 1.165) is 10.6 Å². The summed E-state index contributed by atoms with van der Waals surface area (Å²) < 4.78 is 35.6. The highest BCUT2D eigenvalue weighted by Gasteiger charge is 2.22. The Balaban J connectivity index is 1.62. The van der Waals surface area contributed by atoms with Crippen LogP contribution in [0.1, 0.15) is 11.5 Å². The summed E-state index contributed by atoms with van der Waals surface area (Å²) in [6, 6.07) is 14.0. The van der Waals surface area contributed by atoms with E-state index < -0.39 is 15.9 Å². The number of benzene rings is 2. The van der Waals surface area contributed by atoms with Crippen LogP contribution in [0.15, 0.2) is 53.1 Å². The fourth-order valence-electron chi connectivity index (χ4n) is 2.70. The topological polar surface area (TPSA) is 115 Å². The van der Waals surface area contributed by atoms with Gasteiger partial charge >= 0.3 is 0 Å². The SMILES string of the molecule is COc1cccc(-c2noc(CNC(=O)CN(Cc3ccccc3Cl)S(C)(=O)=O)n2)c1. The summed E-state index contributed by atoms with van der Waals surface area (Å²) >= 11 is 6.11. The molecule has 0 unspecified atom stereocenters. The number of nitrogens with zero attached hydrogens (tertiary/aromatic N) is 3. The normalized spacial score (nSPS) is 11.5. The van der Waals surface area contributed by atoms with Crippen LogP contribution in [0.3, 0.4) is 0 Å². The maximum absolute atomic E-state index is 12.4. The number of ether oxygens (including phenoxy) is 1. The molecule has 3 rings (SSSR count). The molecule has 3 aromatic rings. The van der Waals surface area contributed by atoms with Gasteiger partial charge in [-0.25, -0.2) is 8.42 Å². The van der Waals surface area contributed by atoms with Gasteiger partial charge in [0.2, 0.25) is 27.6 Å². The van der Waals surface area contributed by atoms with Crippen molar-refractivity contribution in [3.05, 3.63) is 65.0 Å². The first-order valence-corrected chi connectivity index (χ1v) is 11.4. The number of carbonyl (C=O) groups excluding carboxylic acids is 1. The Morgan fingerprint density at radius 1 is 1.23 bits per heavy atom. The molecule has 11 heteroatoms. The van der Waals surface area contributed by atoms with E-state index in [1.165, 1.54) is 0 Å². The third-order valence-electron chi connectivity index (χ3n) is 4.33. The van der Waals surface area contributed by atoms with Gasteiger partial charge in [-0.2, -0.15) is 9.29 Å². The molecule has 9 nitrogen and oxygen atoms in total. The minimum atomic E-state index is -3.65. The highest BCUT2D eigenvalue weighted by atomic mass is 35.5. The number of carbonyl (C=O) groups is 1. The van der Waals surface area contributed by atoms with E-state index in [0.29, 0.717) is 27.7 Å². The van der Waals surface area contributed by atoms with Gasteiger partial charge in [0.25, 0.3) is 0 Å². The summed E-state index contributed by atoms with van der Waals surface area (Å²) in [7, 11) is -2.09. The standard InChI is InChI=1S/C20H21ClN4O5S/c1-29-16-8-5-7-14(10-16)20-23-19(30-24-20)11-22-18(26)13-25(31(2,27)28)12-15-6-3-4-9-17(15)21/h3-10H,11-13H2,1-2H3,(H,22,26). The van der Waals surface area contributed by atoms with Crippen LogP contribution in [-0.4, -0.2) is 48.7 Å². The molecule has 0 radical (unpaired) electrons. The quantitative estimate of drug-likeness (QED) is 0.517. The average molecular weight is 465 g/mol. The lowest BCUT2D eigenvalue weighted by atomic mass is 10.2. The van der Waals surface area contributed by atoms with Crippen molar-refractivity contribution in [1.29, 1.82) is 0 Å². The zero-order valence-electron chi connectivity index (χ0n) is 16.9. The lowest BCUT2D eigenvalue weighted by Gasteiger charge is -2.20. The summed E-state index contributed by atoms with van der Waals surface area (Å²) in [5.41, 5.74) is 1.30. The molecular weight excluding hydrogens is 444 g/mol. The van der Waals surface area contributed by atoms with Crippen molar-refractivity contribution in [3.8, 4) is 17.1 Å². The Labute approximate surface area is 185 Å². The average Bonchev–Trinajstić information content (AvgIpc) is 3.22. The minimum Gasteiger partial charge on any atom is -0.497 e. The Morgan fingerprint density at radius 3 is 2.71 bits per heavy atom. The second-order valence-corrected chi connectivity index (χ2v) is 9.03. The first-order valence-electron chi connectivity index (χ1n) is 9.18. The van der Waals surface area contributed by atoms with Crippen LogP contribution >= 0.6 is 11.6 Å². The largest absolute Gasteiger partial charge is 0.497 e. The van der Waals surface area contributed by atoms with E-state index in [9.17, 15) is 13.2 Å². The summed E-state index contributed by atoms with van der Waals surface area (Å²) in [5.74, 6) is 0.665. The third-order valence-corrected chi connectivity index (χ3v) is 5.89. The molecule has 0 fully saturated rings. The first kappa shape index (κ1) is 22.7. The van der Waals surface area contributed by atoms with Crippen molar-refractivity contribution in [3.63, 3.8) is 0 Å².